The van der Waals surface area contributed by atoms with Crippen LogP contribution in [0.2, 0.25) is 0 Å². The normalized spacial score (nSPS) is 11.9. The van der Waals surface area contributed by atoms with E-state index in [9.17, 15) is 4.79 Å². The molecule has 0 saturated carbocycles. The summed E-state index contributed by atoms with van der Waals surface area (Å²) in [5.74, 6) is 0.338. The number of carbonyl (C=O) groups is 1. The Labute approximate surface area is 257 Å². The summed E-state index contributed by atoms with van der Waals surface area (Å²) in [6.07, 6.45) is 54.1. The van der Waals surface area contributed by atoms with E-state index in [1.54, 1.807) is 0 Å². The van der Waals surface area contributed by atoms with E-state index in [4.69, 9.17) is 0 Å². The van der Waals surface area contributed by atoms with Crippen LogP contribution >= 0.6 is 0 Å². The fourth-order valence-corrected chi connectivity index (χ4v) is 5.04. The number of hydrogen-bond donors (Lipinski definition) is 0. The van der Waals surface area contributed by atoms with Gasteiger partial charge in [-0.3, -0.25) is 4.79 Å². The smallest absolute Gasteiger partial charge is 0.137 e. The van der Waals surface area contributed by atoms with Crippen LogP contribution in [0.25, 0.3) is 0 Å². The molecule has 1 nitrogen and oxygen atoms in total. The lowest BCUT2D eigenvalue weighted by Gasteiger charge is -2.03. The van der Waals surface area contributed by atoms with Crippen molar-refractivity contribution >= 4 is 5.78 Å². The lowest BCUT2D eigenvalue weighted by molar-refractivity contribution is -0.118. The van der Waals surface area contributed by atoms with Crippen molar-refractivity contribution in [2.24, 2.45) is 0 Å². The third-order valence-corrected chi connectivity index (χ3v) is 7.73. The van der Waals surface area contributed by atoms with Gasteiger partial charge in [0.2, 0.25) is 0 Å². The predicted molar refractivity (Wildman–Crippen MR) is 186 cm³/mol. The minimum absolute atomic E-state index is 0.338. The molecule has 0 aromatic carbocycles. The van der Waals surface area contributed by atoms with Gasteiger partial charge in [-0.25, -0.2) is 0 Å². The van der Waals surface area contributed by atoms with Crippen molar-refractivity contribution in [3.8, 4) is 0 Å². The van der Waals surface area contributed by atoms with Crippen molar-refractivity contribution in [1.29, 1.82) is 0 Å². The summed E-state index contributed by atoms with van der Waals surface area (Å²) in [5.41, 5.74) is 3.10. The van der Waals surface area contributed by atoms with E-state index in [-0.39, 0.29) is 0 Å². The summed E-state index contributed by atoms with van der Waals surface area (Å²) < 4.78 is 0. The van der Waals surface area contributed by atoms with Crippen LogP contribution in [-0.2, 0) is 4.79 Å². The number of hydrogen-bond acceptors (Lipinski definition) is 1. The Kier molecular flexibility index (Phi) is 34.5. The first kappa shape index (κ1) is 39.1. The number of unbranched alkanes of at least 4 members (excludes halogenated alkanes) is 22. The molecule has 0 amide bonds. The minimum atomic E-state index is 0.338. The molecule has 0 aromatic heterocycles. The third kappa shape index (κ3) is 36.1. The highest BCUT2D eigenvalue weighted by Crippen LogP contribution is 2.14. The number of carbonyl (C=O) groups excluding carboxylic acids is 1. The first-order valence-electron chi connectivity index (χ1n) is 17.9. The number of allylic oxidation sites excluding steroid dienone is 9. The maximum atomic E-state index is 12.0. The quantitative estimate of drug-likeness (QED) is 0.0465. The van der Waals surface area contributed by atoms with Crippen LogP contribution in [0.1, 0.15) is 181 Å². The molecule has 0 saturated heterocycles. The van der Waals surface area contributed by atoms with Gasteiger partial charge < -0.3 is 0 Å². The summed E-state index contributed by atoms with van der Waals surface area (Å²) in [7, 11) is 0. The molecule has 0 bridgehead atoms. The topological polar surface area (TPSA) is 17.1 Å². The van der Waals surface area contributed by atoms with Crippen LogP contribution in [0.15, 0.2) is 66.5 Å². The van der Waals surface area contributed by atoms with Crippen molar-refractivity contribution in [2.45, 2.75) is 181 Å². The summed E-state index contributed by atoms with van der Waals surface area (Å²) >= 11 is 0. The standard InChI is InChI=1S/C40H68O/c1-3-5-7-9-11-13-15-17-19-20-21-22-23-25-27-29-31-33-35-37-39-40(41)38-36-34-32-30-28-26-24-18-16-14-12-10-8-6-4-2/h20-23,25,27,29,31,33,37H,3-19,24,26,28,30,32,34,36,38-39H2,1-2H3/b21-20+,23-22+,27-25+,31-29+. The average molecular weight is 565 g/mol. The number of Topliss-reactive ketones (excluding diaryl/α,β-unsaturated/α-hetero) is 1. The lowest BCUT2D eigenvalue weighted by Crippen LogP contribution is -1.95. The van der Waals surface area contributed by atoms with E-state index in [1.807, 2.05) is 36.5 Å². The van der Waals surface area contributed by atoms with Gasteiger partial charge in [0.25, 0.3) is 0 Å². The van der Waals surface area contributed by atoms with Crippen LogP contribution in [0.3, 0.4) is 0 Å². The maximum absolute atomic E-state index is 12.0. The molecule has 0 aromatic rings. The molecule has 0 heterocycles. The van der Waals surface area contributed by atoms with Gasteiger partial charge in [0.15, 0.2) is 0 Å². The Morgan fingerprint density at radius 1 is 0.463 bits per heavy atom. The molecule has 0 aliphatic carbocycles. The average Bonchev–Trinajstić information content (AvgIpc) is 2.98. The molecule has 0 fully saturated rings. The Bertz CT molecular complexity index is 713. The zero-order valence-corrected chi connectivity index (χ0v) is 27.6. The second kappa shape index (κ2) is 36.2. The summed E-state index contributed by atoms with van der Waals surface area (Å²) in [5, 5.41) is 0. The van der Waals surface area contributed by atoms with E-state index >= 15 is 0 Å². The number of ketones is 1. The molecule has 1 heteroatoms. The fraction of sp³-hybridized carbons (Fsp3) is 0.700. The van der Waals surface area contributed by atoms with Crippen LogP contribution in [0.5, 0.6) is 0 Å². The van der Waals surface area contributed by atoms with Gasteiger partial charge in [-0.1, -0.05) is 197 Å². The first-order valence-corrected chi connectivity index (χ1v) is 17.9. The Hall–Kier alpha value is -1.85. The highest BCUT2D eigenvalue weighted by molar-refractivity contribution is 5.79. The highest BCUT2D eigenvalue weighted by Gasteiger charge is 1.99. The van der Waals surface area contributed by atoms with Gasteiger partial charge in [0.05, 0.1) is 0 Å². The molecule has 41 heavy (non-hydrogen) atoms. The first-order chi connectivity index (χ1) is 20.3. The molecule has 0 N–H and O–H groups in total. The van der Waals surface area contributed by atoms with E-state index < -0.39 is 0 Å². The Morgan fingerprint density at radius 2 is 0.854 bits per heavy atom. The monoisotopic (exact) mass is 565 g/mol. The molecule has 0 radical (unpaired) electrons. The van der Waals surface area contributed by atoms with E-state index in [0.717, 1.165) is 12.8 Å². The molecule has 234 valence electrons. The largest absolute Gasteiger partial charge is 0.299 e. The SMILES string of the molecule is CCCCCCCCCC/C=C/C=C/C=C/C=C/C=C=CCC(=O)CCCCCCCCCCCCCCCCC. The lowest BCUT2D eigenvalue weighted by atomic mass is 10.0. The van der Waals surface area contributed by atoms with Crippen LogP contribution < -0.4 is 0 Å². The summed E-state index contributed by atoms with van der Waals surface area (Å²) in [6, 6.07) is 0. The van der Waals surface area contributed by atoms with Gasteiger partial charge in [-0.2, -0.15) is 0 Å². The van der Waals surface area contributed by atoms with Gasteiger partial charge in [-0.05, 0) is 31.4 Å². The van der Waals surface area contributed by atoms with Crippen LogP contribution in [-0.4, -0.2) is 5.78 Å². The van der Waals surface area contributed by atoms with Crippen molar-refractivity contribution < 1.29 is 4.79 Å². The van der Waals surface area contributed by atoms with E-state index in [2.05, 4.69) is 43.9 Å². The molecular weight excluding hydrogens is 496 g/mol. The van der Waals surface area contributed by atoms with Gasteiger partial charge in [0.1, 0.15) is 5.78 Å². The zero-order chi connectivity index (χ0) is 29.7. The van der Waals surface area contributed by atoms with E-state index in [0.29, 0.717) is 12.2 Å². The zero-order valence-electron chi connectivity index (χ0n) is 27.6. The van der Waals surface area contributed by atoms with Crippen molar-refractivity contribution in [2.75, 3.05) is 0 Å². The summed E-state index contributed by atoms with van der Waals surface area (Å²) in [4.78, 5) is 12.0. The van der Waals surface area contributed by atoms with Crippen LogP contribution in [0, 0.1) is 0 Å². The Morgan fingerprint density at radius 3 is 1.34 bits per heavy atom. The molecule has 0 spiro atoms. The molecule has 0 unspecified atom stereocenters. The molecule has 0 atom stereocenters. The van der Waals surface area contributed by atoms with E-state index in [1.165, 1.54) is 148 Å². The molecule has 0 aliphatic rings. The van der Waals surface area contributed by atoms with Crippen LogP contribution in [0.4, 0.5) is 0 Å². The maximum Gasteiger partial charge on any atom is 0.137 e. The summed E-state index contributed by atoms with van der Waals surface area (Å²) in [6.45, 7) is 4.56. The molecular formula is C40H68O. The van der Waals surface area contributed by atoms with Crippen molar-refractivity contribution in [3.05, 3.63) is 66.5 Å². The highest BCUT2D eigenvalue weighted by atomic mass is 16.1. The second-order valence-corrected chi connectivity index (χ2v) is 11.8. The predicted octanol–water partition coefficient (Wildman–Crippen LogP) is 13.7. The van der Waals surface area contributed by atoms with Gasteiger partial charge in [-0.15, -0.1) is 5.73 Å². The van der Waals surface area contributed by atoms with Gasteiger partial charge in [0, 0.05) is 12.8 Å². The second-order valence-electron chi connectivity index (χ2n) is 11.8. The fourth-order valence-electron chi connectivity index (χ4n) is 5.04. The number of rotatable bonds is 31. The third-order valence-electron chi connectivity index (χ3n) is 7.73. The van der Waals surface area contributed by atoms with Crippen molar-refractivity contribution in [3.63, 3.8) is 0 Å². The molecule has 0 rings (SSSR count). The van der Waals surface area contributed by atoms with Crippen molar-refractivity contribution in [1.82, 2.24) is 0 Å². The Balaban J connectivity index is 3.53. The molecule has 0 aliphatic heterocycles. The van der Waals surface area contributed by atoms with Gasteiger partial charge >= 0.3 is 0 Å². The minimum Gasteiger partial charge on any atom is -0.299 e.